The van der Waals surface area contributed by atoms with Crippen molar-refractivity contribution in [3.63, 3.8) is 0 Å². The van der Waals surface area contributed by atoms with Gasteiger partial charge >= 0.3 is 12.1 Å². The van der Waals surface area contributed by atoms with Crippen LogP contribution in [0.5, 0.6) is 0 Å². The minimum absolute atomic E-state index is 0.0792. The highest BCUT2D eigenvalue weighted by atomic mass is 16.6. The molecular formula is C23H31N3O5. The molecule has 3 unspecified atom stereocenters. The SMILES string of the molecule is COC(=O)c1cn(C2CC2C2CC2)c(=O)cc1NC1[C@H]2CN(C(=O)OC(C)(C)C)C[C@@H]12. The van der Waals surface area contributed by atoms with Crippen molar-refractivity contribution in [2.45, 2.75) is 57.7 Å². The highest BCUT2D eigenvalue weighted by Gasteiger charge is 2.57. The number of aromatic nitrogens is 1. The second-order valence-electron chi connectivity index (χ2n) is 10.5. The maximum Gasteiger partial charge on any atom is 0.410 e. The van der Waals surface area contributed by atoms with Gasteiger partial charge in [-0.05, 0) is 51.9 Å². The van der Waals surface area contributed by atoms with Crippen LogP contribution in [0.1, 0.15) is 56.4 Å². The molecule has 1 saturated heterocycles. The number of likely N-dealkylation sites (tertiary alicyclic amines) is 1. The molecule has 3 saturated carbocycles. The summed E-state index contributed by atoms with van der Waals surface area (Å²) >= 11 is 0. The van der Waals surface area contributed by atoms with Gasteiger partial charge in [-0.25, -0.2) is 9.59 Å². The van der Waals surface area contributed by atoms with Crippen LogP contribution >= 0.6 is 0 Å². The number of rotatable bonds is 5. The second-order valence-corrected chi connectivity index (χ2v) is 10.5. The number of piperidine rings is 1. The molecule has 8 nitrogen and oxygen atoms in total. The average molecular weight is 430 g/mol. The third kappa shape index (κ3) is 3.92. The number of nitrogens with one attached hydrogen (secondary N) is 1. The summed E-state index contributed by atoms with van der Waals surface area (Å²) in [5.41, 5.74) is 0.336. The van der Waals surface area contributed by atoms with Crippen LogP contribution in [-0.4, -0.2) is 53.4 Å². The van der Waals surface area contributed by atoms with E-state index in [1.165, 1.54) is 26.0 Å². The number of fused-ring (bicyclic) bond motifs is 1. The molecule has 8 heteroatoms. The number of anilines is 1. The summed E-state index contributed by atoms with van der Waals surface area (Å²) < 4.78 is 12.2. The fraction of sp³-hybridized carbons (Fsp3) is 0.696. The Morgan fingerprint density at radius 2 is 1.81 bits per heavy atom. The fourth-order valence-corrected chi connectivity index (χ4v) is 5.15. The Morgan fingerprint density at radius 1 is 1.13 bits per heavy atom. The minimum Gasteiger partial charge on any atom is -0.465 e. The lowest BCUT2D eigenvalue weighted by atomic mass is 10.2. The zero-order valence-electron chi connectivity index (χ0n) is 18.6. The van der Waals surface area contributed by atoms with E-state index < -0.39 is 11.6 Å². The number of methoxy groups -OCH3 is 1. The van der Waals surface area contributed by atoms with Gasteiger partial charge in [0.25, 0.3) is 5.56 Å². The molecule has 1 amide bonds. The van der Waals surface area contributed by atoms with Gasteiger partial charge in [0.1, 0.15) is 5.60 Å². The largest absolute Gasteiger partial charge is 0.465 e. The molecular weight excluding hydrogens is 398 g/mol. The number of nitrogens with zero attached hydrogens (tertiary/aromatic N) is 2. The van der Waals surface area contributed by atoms with Crippen LogP contribution in [0, 0.1) is 23.7 Å². The van der Waals surface area contributed by atoms with Gasteiger partial charge in [0.2, 0.25) is 0 Å². The first kappa shape index (κ1) is 20.4. The lowest BCUT2D eigenvalue weighted by Crippen LogP contribution is -2.38. The molecule has 0 radical (unpaired) electrons. The van der Waals surface area contributed by atoms with Crippen molar-refractivity contribution >= 4 is 17.7 Å². The van der Waals surface area contributed by atoms with Gasteiger partial charge in [-0.3, -0.25) is 4.79 Å². The first-order chi connectivity index (χ1) is 14.7. The van der Waals surface area contributed by atoms with E-state index in [2.05, 4.69) is 5.32 Å². The van der Waals surface area contributed by atoms with Gasteiger partial charge in [0, 0.05) is 49.3 Å². The summed E-state index contributed by atoms with van der Waals surface area (Å²) in [6.07, 6.45) is 4.92. The number of pyridine rings is 1. The summed E-state index contributed by atoms with van der Waals surface area (Å²) in [7, 11) is 1.36. The standard InChI is InChI=1S/C23H31N3O5/c1-23(2,3)31-22(29)25-9-14-15(10-25)20(14)24-17-8-19(27)26(11-16(17)21(28)30-4)18-7-13(18)12-5-6-12/h8,11-15,18,20,24H,5-7,9-10H2,1-4H3/t13?,14-,15+,18?,20?. The van der Waals surface area contributed by atoms with Crippen LogP contribution in [-0.2, 0) is 9.47 Å². The van der Waals surface area contributed by atoms with Crippen LogP contribution < -0.4 is 10.9 Å². The van der Waals surface area contributed by atoms with Gasteiger partial charge in [0.05, 0.1) is 18.4 Å². The third-order valence-electron chi connectivity index (χ3n) is 7.04. The first-order valence-electron chi connectivity index (χ1n) is 11.2. The van der Waals surface area contributed by atoms with Gasteiger partial charge in [-0.2, -0.15) is 0 Å². The number of hydrogen-bond acceptors (Lipinski definition) is 6. The summed E-state index contributed by atoms with van der Waals surface area (Å²) in [4.78, 5) is 39.3. The maximum atomic E-state index is 12.8. The molecule has 1 aromatic heterocycles. The van der Waals surface area contributed by atoms with Crippen molar-refractivity contribution in [2.75, 3.05) is 25.5 Å². The smallest absolute Gasteiger partial charge is 0.410 e. The molecule has 1 N–H and O–H groups in total. The minimum atomic E-state index is -0.513. The highest BCUT2D eigenvalue weighted by Crippen LogP contribution is 2.56. The fourth-order valence-electron chi connectivity index (χ4n) is 5.15. The molecule has 0 bridgehead atoms. The molecule has 5 rings (SSSR count). The number of esters is 1. The Labute approximate surface area is 181 Å². The predicted octanol–water partition coefficient (Wildman–Crippen LogP) is 2.88. The molecule has 3 aliphatic carbocycles. The van der Waals surface area contributed by atoms with Crippen LogP contribution in [0.3, 0.4) is 0 Å². The van der Waals surface area contributed by atoms with E-state index in [0.717, 1.165) is 12.3 Å². The number of carbonyl (C=O) groups excluding carboxylic acids is 2. The second kappa shape index (κ2) is 7.00. The molecule has 1 aromatic rings. The van der Waals surface area contributed by atoms with Crippen molar-refractivity contribution in [3.05, 3.63) is 28.2 Å². The molecule has 4 aliphatic rings. The van der Waals surface area contributed by atoms with Crippen molar-refractivity contribution in [3.8, 4) is 0 Å². The monoisotopic (exact) mass is 429 g/mol. The van der Waals surface area contributed by atoms with Crippen LogP contribution in [0.25, 0.3) is 0 Å². The summed E-state index contributed by atoms with van der Waals surface area (Å²) in [6.45, 7) is 6.81. The lowest BCUT2D eigenvalue weighted by molar-refractivity contribution is 0.0272. The average Bonchev–Trinajstić information content (AvgIpc) is 3.60. The molecule has 168 valence electrons. The Hall–Kier alpha value is -2.51. The van der Waals surface area contributed by atoms with Crippen LogP contribution in [0.4, 0.5) is 10.5 Å². The quantitative estimate of drug-likeness (QED) is 0.724. The maximum absolute atomic E-state index is 12.8. The molecule has 31 heavy (non-hydrogen) atoms. The van der Waals surface area contributed by atoms with E-state index in [1.54, 1.807) is 15.7 Å². The summed E-state index contributed by atoms with van der Waals surface area (Å²) in [6, 6.07) is 1.88. The predicted molar refractivity (Wildman–Crippen MR) is 114 cm³/mol. The topological polar surface area (TPSA) is 89.9 Å². The molecule has 0 aromatic carbocycles. The van der Waals surface area contributed by atoms with Crippen LogP contribution in [0.2, 0.25) is 0 Å². The Kier molecular flexibility index (Phi) is 4.61. The number of ether oxygens (including phenoxy) is 2. The Balaban J connectivity index is 1.27. The summed E-state index contributed by atoms with van der Waals surface area (Å²) in [5, 5.41) is 3.39. The molecule has 4 fully saturated rings. The third-order valence-corrected chi connectivity index (χ3v) is 7.04. The zero-order chi connectivity index (χ0) is 22.1. The zero-order valence-corrected chi connectivity index (χ0v) is 18.6. The van der Waals surface area contributed by atoms with Gasteiger partial charge < -0.3 is 24.3 Å². The lowest BCUT2D eigenvalue weighted by Gasteiger charge is -2.26. The molecule has 0 spiro atoms. The normalized spacial score (nSPS) is 31.1. The number of hydrogen-bond donors (Lipinski definition) is 1. The molecule has 1 aliphatic heterocycles. The van der Waals surface area contributed by atoms with Crippen molar-refractivity contribution in [1.29, 1.82) is 0 Å². The van der Waals surface area contributed by atoms with Crippen molar-refractivity contribution in [1.82, 2.24) is 9.47 Å². The van der Waals surface area contributed by atoms with Crippen molar-refractivity contribution in [2.24, 2.45) is 23.7 Å². The molecule has 2 heterocycles. The van der Waals surface area contributed by atoms with Gasteiger partial charge in [-0.15, -0.1) is 0 Å². The first-order valence-corrected chi connectivity index (χ1v) is 11.2. The highest BCUT2D eigenvalue weighted by molar-refractivity contribution is 5.95. The van der Waals surface area contributed by atoms with Crippen LogP contribution in [0.15, 0.2) is 17.1 Å². The van der Waals surface area contributed by atoms with E-state index in [1.807, 2.05) is 20.8 Å². The van der Waals surface area contributed by atoms with E-state index in [0.29, 0.717) is 42.1 Å². The van der Waals surface area contributed by atoms with E-state index in [4.69, 9.17) is 9.47 Å². The Bertz CT molecular complexity index is 964. The number of carbonyl (C=O) groups is 2. The van der Waals surface area contributed by atoms with Gasteiger partial charge in [-0.1, -0.05) is 0 Å². The van der Waals surface area contributed by atoms with E-state index >= 15 is 0 Å². The van der Waals surface area contributed by atoms with E-state index in [9.17, 15) is 14.4 Å². The number of amides is 1. The summed E-state index contributed by atoms with van der Waals surface area (Å²) in [5.74, 6) is 1.46. The van der Waals surface area contributed by atoms with Crippen molar-refractivity contribution < 1.29 is 19.1 Å². The van der Waals surface area contributed by atoms with Gasteiger partial charge in [0.15, 0.2) is 0 Å². The Morgan fingerprint density at radius 3 is 2.39 bits per heavy atom. The van der Waals surface area contributed by atoms with E-state index in [-0.39, 0.29) is 23.7 Å². The molecule has 5 atom stereocenters.